The number of hydrogen-bond donors (Lipinski definition) is 1. The average Bonchev–Trinajstić information content (AvgIpc) is 3.12. The lowest BCUT2D eigenvalue weighted by Crippen LogP contribution is -2.40. The molecule has 1 aromatic rings. The maximum atomic E-state index is 4.54. The second-order valence-electron chi connectivity index (χ2n) is 6.86. The van der Waals surface area contributed by atoms with E-state index in [1.807, 2.05) is 0 Å². The summed E-state index contributed by atoms with van der Waals surface area (Å²) in [5.41, 5.74) is 1.39. The Morgan fingerprint density at radius 3 is 2.80 bits per heavy atom. The van der Waals surface area contributed by atoms with E-state index in [4.69, 9.17) is 0 Å². The summed E-state index contributed by atoms with van der Waals surface area (Å²) in [7, 11) is 2.26. The minimum atomic E-state index is 0.445. The van der Waals surface area contributed by atoms with Crippen molar-refractivity contribution in [3.63, 3.8) is 0 Å². The molecule has 4 heteroatoms. The van der Waals surface area contributed by atoms with Crippen LogP contribution in [0.1, 0.15) is 57.2 Å². The van der Waals surface area contributed by atoms with Crippen molar-refractivity contribution in [2.45, 2.75) is 57.7 Å². The summed E-state index contributed by atoms with van der Waals surface area (Å²) in [6.07, 6.45) is 9.73. The number of piperidine rings is 1. The Kier molecular flexibility index (Phi) is 4.13. The fraction of sp³-hybridized carbons (Fsp3) is 0.812. The third-order valence-corrected chi connectivity index (χ3v) is 4.75. The van der Waals surface area contributed by atoms with Crippen molar-refractivity contribution in [1.82, 2.24) is 20.0 Å². The molecule has 0 spiro atoms. The molecule has 1 saturated carbocycles. The van der Waals surface area contributed by atoms with Crippen LogP contribution < -0.4 is 5.32 Å². The molecule has 2 unspecified atom stereocenters. The highest BCUT2D eigenvalue weighted by Gasteiger charge is 2.32. The smallest absolute Gasteiger partial charge is 0.0537 e. The van der Waals surface area contributed by atoms with Gasteiger partial charge in [-0.05, 0) is 59.0 Å². The van der Waals surface area contributed by atoms with Crippen LogP contribution in [0.3, 0.4) is 0 Å². The van der Waals surface area contributed by atoms with E-state index in [9.17, 15) is 0 Å². The van der Waals surface area contributed by atoms with Crippen LogP contribution in [0.4, 0.5) is 0 Å². The van der Waals surface area contributed by atoms with Crippen molar-refractivity contribution in [3.8, 4) is 0 Å². The van der Waals surface area contributed by atoms with Crippen LogP contribution in [0.25, 0.3) is 0 Å². The highest BCUT2D eigenvalue weighted by Crippen LogP contribution is 2.35. The van der Waals surface area contributed by atoms with Crippen molar-refractivity contribution in [3.05, 3.63) is 18.0 Å². The molecule has 112 valence electrons. The van der Waals surface area contributed by atoms with Crippen LogP contribution in [0.5, 0.6) is 0 Å². The second kappa shape index (κ2) is 5.86. The van der Waals surface area contributed by atoms with Gasteiger partial charge in [0.25, 0.3) is 0 Å². The number of nitrogens with one attached hydrogen (secondary N) is 1. The monoisotopic (exact) mass is 276 g/mol. The van der Waals surface area contributed by atoms with Crippen molar-refractivity contribution in [2.24, 2.45) is 5.92 Å². The van der Waals surface area contributed by atoms with Gasteiger partial charge in [0.1, 0.15) is 0 Å². The molecule has 0 radical (unpaired) electrons. The molecule has 2 aliphatic rings. The Hall–Kier alpha value is -0.870. The van der Waals surface area contributed by atoms with Gasteiger partial charge in [-0.2, -0.15) is 5.10 Å². The van der Waals surface area contributed by atoms with E-state index < -0.39 is 0 Å². The van der Waals surface area contributed by atoms with Crippen molar-refractivity contribution in [1.29, 1.82) is 0 Å². The van der Waals surface area contributed by atoms with E-state index in [0.29, 0.717) is 12.1 Å². The minimum absolute atomic E-state index is 0.445. The SMILES string of the molecule is CC(C)n1cc(C2C(CNC3CC3)CCCN2C)cn1. The van der Waals surface area contributed by atoms with E-state index in [1.165, 1.54) is 37.8 Å². The van der Waals surface area contributed by atoms with Crippen LogP contribution in [0.2, 0.25) is 0 Å². The zero-order valence-corrected chi connectivity index (χ0v) is 13.0. The Labute approximate surface area is 122 Å². The number of aromatic nitrogens is 2. The Morgan fingerprint density at radius 1 is 1.35 bits per heavy atom. The highest BCUT2D eigenvalue weighted by molar-refractivity contribution is 5.14. The predicted molar refractivity (Wildman–Crippen MR) is 81.7 cm³/mol. The van der Waals surface area contributed by atoms with Gasteiger partial charge in [-0.15, -0.1) is 0 Å². The van der Waals surface area contributed by atoms with Gasteiger partial charge in [0.2, 0.25) is 0 Å². The molecular formula is C16H28N4. The molecule has 2 heterocycles. The number of likely N-dealkylation sites (tertiary alicyclic amines) is 1. The van der Waals surface area contributed by atoms with Gasteiger partial charge in [-0.25, -0.2) is 0 Å². The molecule has 1 aliphatic carbocycles. The van der Waals surface area contributed by atoms with Gasteiger partial charge in [0, 0.05) is 36.4 Å². The molecule has 0 aromatic carbocycles. The number of nitrogens with zero attached hydrogens (tertiary/aromatic N) is 3. The van der Waals surface area contributed by atoms with Crippen LogP contribution in [-0.4, -0.2) is 40.9 Å². The average molecular weight is 276 g/mol. The lowest BCUT2D eigenvalue weighted by Gasteiger charge is -2.39. The predicted octanol–water partition coefficient (Wildman–Crippen LogP) is 2.60. The molecule has 0 amide bonds. The Morgan fingerprint density at radius 2 is 2.15 bits per heavy atom. The lowest BCUT2D eigenvalue weighted by atomic mass is 9.86. The minimum Gasteiger partial charge on any atom is -0.314 e. The maximum Gasteiger partial charge on any atom is 0.0537 e. The first-order valence-corrected chi connectivity index (χ1v) is 8.13. The van der Waals surface area contributed by atoms with E-state index in [-0.39, 0.29) is 0 Å². The molecule has 1 aromatic heterocycles. The maximum absolute atomic E-state index is 4.54. The van der Waals surface area contributed by atoms with E-state index in [0.717, 1.165) is 18.5 Å². The molecule has 2 atom stereocenters. The van der Waals surface area contributed by atoms with Crippen LogP contribution >= 0.6 is 0 Å². The van der Waals surface area contributed by atoms with Crippen molar-refractivity contribution >= 4 is 0 Å². The Bertz CT molecular complexity index is 435. The van der Waals surface area contributed by atoms with Gasteiger partial charge >= 0.3 is 0 Å². The second-order valence-corrected chi connectivity index (χ2v) is 6.86. The molecule has 2 fully saturated rings. The molecule has 20 heavy (non-hydrogen) atoms. The molecule has 3 rings (SSSR count). The van der Waals surface area contributed by atoms with Gasteiger partial charge in [-0.1, -0.05) is 0 Å². The third kappa shape index (κ3) is 3.07. The summed E-state index contributed by atoms with van der Waals surface area (Å²) in [4.78, 5) is 2.52. The molecule has 4 nitrogen and oxygen atoms in total. The largest absolute Gasteiger partial charge is 0.314 e. The summed E-state index contributed by atoms with van der Waals surface area (Å²) >= 11 is 0. The molecule has 1 aliphatic heterocycles. The van der Waals surface area contributed by atoms with Crippen LogP contribution in [0, 0.1) is 5.92 Å². The molecular weight excluding hydrogens is 248 g/mol. The number of hydrogen-bond acceptors (Lipinski definition) is 3. The standard InChI is InChI=1S/C16H28N4/c1-12(2)20-11-14(10-18-20)16-13(5-4-8-19(16)3)9-17-15-6-7-15/h10-13,15-17H,4-9H2,1-3H3. The van der Waals surface area contributed by atoms with E-state index in [2.05, 4.69) is 53.3 Å². The third-order valence-electron chi connectivity index (χ3n) is 4.75. The van der Waals surface area contributed by atoms with Gasteiger partial charge < -0.3 is 5.32 Å². The summed E-state index contributed by atoms with van der Waals surface area (Å²) in [5, 5.41) is 8.26. The van der Waals surface area contributed by atoms with Crippen molar-refractivity contribution < 1.29 is 0 Å². The summed E-state index contributed by atoms with van der Waals surface area (Å²) < 4.78 is 2.09. The molecule has 1 N–H and O–H groups in total. The van der Waals surface area contributed by atoms with E-state index in [1.54, 1.807) is 0 Å². The fourth-order valence-electron chi connectivity index (χ4n) is 3.39. The molecule has 1 saturated heterocycles. The normalized spacial score (nSPS) is 28.2. The van der Waals surface area contributed by atoms with Gasteiger partial charge in [0.05, 0.1) is 6.20 Å². The van der Waals surface area contributed by atoms with Crippen LogP contribution in [0.15, 0.2) is 12.4 Å². The van der Waals surface area contributed by atoms with Gasteiger partial charge in [-0.3, -0.25) is 9.58 Å². The zero-order valence-electron chi connectivity index (χ0n) is 13.0. The van der Waals surface area contributed by atoms with Crippen molar-refractivity contribution in [2.75, 3.05) is 20.1 Å². The first kappa shape index (κ1) is 14.1. The highest BCUT2D eigenvalue weighted by atomic mass is 15.3. The lowest BCUT2D eigenvalue weighted by molar-refractivity contribution is 0.119. The quantitative estimate of drug-likeness (QED) is 0.897. The zero-order chi connectivity index (χ0) is 14.1. The molecule has 0 bridgehead atoms. The van der Waals surface area contributed by atoms with Gasteiger partial charge in [0.15, 0.2) is 0 Å². The van der Waals surface area contributed by atoms with Crippen LogP contribution in [-0.2, 0) is 0 Å². The summed E-state index contributed by atoms with van der Waals surface area (Å²) in [6.45, 7) is 6.74. The van der Waals surface area contributed by atoms with E-state index >= 15 is 0 Å². The topological polar surface area (TPSA) is 33.1 Å². The Balaban J connectivity index is 1.73. The fourth-order valence-corrected chi connectivity index (χ4v) is 3.39. The first-order valence-electron chi connectivity index (χ1n) is 8.13. The number of rotatable bonds is 5. The summed E-state index contributed by atoms with van der Waals surface area (Å²) in [6, 6.07) is 1.78. The summed E-state index contributed by atoms with van der Waals surface area (Å²) in [5.74, 6) is 0.721. The first-order chi connectivity index (χ1) is 9.65.